The molecule has 0 aliphatic carbocycles. The molecule has 3 nitrogen and oxygen atoms in total. The molecule has 0 aromatic heterocycles. The highest BCUT2D eigenvalue weighted by atomic mass is 15.3. The van der Waals surface area contributed by atoms with Gasteiger partial charge >= 0.3 is 0 Å². The Labute approximate surface area is 127 Å². The van der Waals surface area contributed by atoms with Gasteiger partial charge in [-0.05, 0) is 32.4 Å². The van der Waals surface area contributed by atoms with Crippen LogP contribution in [-0.2, 0) is 0 Å². The Kier molecular flexibility index (Phi) is 11.5. The van der Waals surface area contributed by atoms with Crippen molar-refractivity contribution in [2.75, 3.05) is 13.1 Å². The molecule has 0 aliphatic rings. The van der Waals surface area contributed by atoms with Gasteiger partial charge in [0.25, 0.3) is 0 Å². The lowest BCUT2D eigenvalue weighted by atomic mass is 9.80. The Bertz CT molecular complexity index is 210. The summed E-state index contributed by atoms with van der Waals surface area (Å²) in [6, 6.07) is 0.402. The molecule has 3 N–H and O–H groups in total. The molecular weight excluding hydrogens is 246 g/mol. The molecule has 0 fully saturated rings. The molecular formula is C17H39N3. The largest absolute Gasteiger partial charge is 0.297 e. The third kappa shape index (κ3) is 5.34. The first-order valence-corrected chi connectivity index (χ1v) is 8.87. The zero-order valence-electron chi connectivity index (χ0n) is 14.7. The first-order chi connectivity index (χ1) is 9.66. The standard InChI is InChI=1S/C17H39N3/c1-6-11-12-13-14-15-16(19-18)17(7-2,8-3)20(9-4)10-5/h16,19H,6-15,18H2,1-5H3. The topological polar surface area (TPSA) is 41.3 Å². The number of nitrogens with two attached hydrogens (primary N) is 1. The first kappa shape index (κ1) is 19.9. The normalized spacial score (nSPS) is 13.9. The van der Waals surface area contributed by atoms with Gasteiger partial charge in [-0.1, -0.05) is 66.7 Å². The molecule has 0 bridgehead atoms. The molecule has 0 spiro atoms. The number of likely N-dealkylation sites (N-methyl/N-ethyl adjacent to an activating group) is 1. The Morgan fingerprint density at radius 3 is 1.85 bits per heavy atom. The van der Waals surface area contributed by atoms with E-state index >= 15 is 0 Å². The van der Waals surface area contributed by atoms with Crippen molar-refractivity contribution in [1.29, 1.82) is 0 Å². The van der Waals surface area contributed by atoms with Crippen LogP contribution in [0.4, 0.5) is 0 Å². The Morgan fingerprint density at radius 2 is 1.45 bits per heavy atom. The fourth-order valence-corrected chi connectivity index (χ4v) is 3.72. The van der Waals surface area contributed by atoms with E-state index in [2.05, 4.69) is 44.9 Å². The average molecular weight is 286 g/mol. The quantitative estimate of drug-likeness (QED) is 0.304. The molecule has 0 saturated heterocycles. The summed E-state index contributed by atoms with van der Waals surface area (Å²) >= 11 is 0. The number of unbranched alkanes of at least 4 members (excludes halogenated alkanes) is 4. The molecule has 0 radical (unpaired) electrons. The lowest BCUT2D eigenvalue weighted by Crippen LogP contribution is -2.62. The molecule has 1 unspecified atom stereocenters. The molecule has 0 saturated carbocycles. The molecule has 0 aliphatic heterocycles. The number of hydrazine groups is 1. The Morgan fingerprint density at radius 1 is 0.900 bits per heavy atom. The summed E-state index contributed by atoms with van der Waals surface area (Å²) in [7, 11) is 0. The van der Waals surface area contributed by atoms with Crippen molar-refractivity contribution in [2.45, 2.75) is 97.6 Å². The third-order valence-electron chi connectivity index (χ3n) is 5.06. The zero-order valence-corrected chi connectivity index (χ0v) is 14.7. The highest BCUT2D eigenvalue weighted by molar-refractivity contribution is 4.97. The van der Waals surface area contributed by atoms with Crippen LogP contribution < -0.4 is 11.3 Å². The van der Waals surface area contributed by atoms with Crippen LogP contribution in [0.5, 0.6) is 0 Å². The molecule has 0 rings (SSSR count). The smallest absolute Gasteiger partial charge is 0.0394 e. The van der Waals surface area contributed by atoms with Gasteiger partial charge in [-0.15, -0.1) is 0 Å². The van der Waals surface area contributed by atoms with Crippen molar-refractivity contribution in [3.63, 3.8) is 0 Å². The van der Waals surface area contributed by atoms with Crippen LogP contribution in [0.25, 0.3) is 0 Å². The lowest BCUT2D eigenvalue weighted by Gasteiger charge is -2.48. The number of rotatable bonds is 13. The number of nitrogens with zero attached hydrogens (tertiary/aromatic N) is 1. The Balaban J connectivity index is 4.66. The summed E-state index contributed by atoms with van der Waals surface area (Å²) in [6.07, 6.45) is 10.2. The molecule has 3 heteroatoms. The van der Waals surface area contributed by atoms with Crippen molar-refractivity contribution in [3.8, 4) is 0 Å². The molecule has 0 heterocycles. The van der Waals surface area contributed by atoms with E-state index in [0.717, 1.165) is 25.9 Å². The fourth-order valence-electron chi connectivity index (χ4n) is 3.72. The van der Waals surface area contributed by atoms with E-state index in [1.165, 1.54) is 38.5 Å². The maximum absolute atomic E-state index is 5.92. The fraction of sp³-hybridized carbons (Fsp3) is 1.00. The summed E-state index contributed by atoms with van der Waals surface area (Å²) in [5.41, 5.74) is 3.35. The van der Waals surface area contributed by atoms with Gasteiger partial charge in [-0.2, -0.15) is 0 Å². The van der Waals surface area contributed by atoms with E-state index in [1.807, 2.05) is 0 Å². The van der Waals surface area contributed by atoms with Gasteiger partial charge in [0.15, 0.2) is 0 Å². The molecule has 122 valence electrons. The van der Waals surface area contributed by atoms with Crippen LogP contribution >= 0.6 is 0 Å². The van der Waals surface area contributed by atoms with E-state index in [9.17, 15) is 0 Å². The zero-order chi connectivity index (χ0) is 15.4. The van der Waals surface area contributed by atoms with Crippen LogP contribution in [0.1, 0.15) is 86.0 Å². The Hall–Kier alpha value is -0.120. The van der Waals surface area contributed by atoms with Gasteiger partial charge in [0, 0.05) is 11.6 Å². The highest BCUT2D eigenvalue weighted by Gasteiger charge is 2.38. The van der Waals surface area contributed by atoms with Crippen molar-refractivity contribution in [1.82, 2.24) is 10.3 Å². The molecule has 0 aromatic rings. The van der Waals surface area contributed by atoms with E-state index < -0.39 is 0 Å². The predicted molar refractivity (Wildman–Crippen MR) is 90.7 cm³/mol. The van der Waals surface area contributed by atoms with Crippen LogP contribution in [0.3, 0.4) is 0 Å². The van der Waals surface area contributed by atoms with Gasteiger partial charge in [-0.3, -0.25) is 16.2 Å². The van der Waals surface area contributed by atoms with Crippen LogP contribution in [0.15, 0.2) is 0 Å². The highest BCUT2D eigenvalue weighted by Crippen LogP contribution is 2.30. The second-order valence-corrected chi connectivity index (χ2v) is 5.91. The minimum atomic E-state index is 0.211. The summed E-state index contributed by atoms with van der Waals surface area (Å²) in [6.45, 7) is 13.6. The molecule has 1 atom stereocenters. The van der Waals surface area contributed by atoms with Gasteiger partial charge in [-0.25, -0.2) is 0 Å². The van der Waals surface area contributed by atoms with Crippen LogP contribution in [0.2, 0.25) is 0 Å². The lowest BCUT2D eigenvalue weighted by molar-refractivity contribution is 0.0451. The molecule has 0 amide bonds. The van der Waals surface area contributed by atoms with Crippen molar-refractivity contribution < 1.29 is 0 Å². The van der Waals surface area contributed by atoms with Gasteiger partial charge in [0.1, 0.15) is 0 Å². The number of hydrogen-bond acceptors (Lipinski definition) is 3. The summed E-state index contributed by atoms with van der Waals surface area (Å²) in [5.74, 6) is 5.92. The SMILES string of the molecule is CCCCCCCC(NN)C(CC)(CC)N(CC)CC. The van der Waals surface area contributed by atoms with Crippen molar-refractivity contribution in [2.24, 2.45) is 5.84 Å². The van der Waals surface area contributed by atoms with Gasteiger partial charge in [0.05, 0.1) is 0 Å². The minimum Gasteiger partial charge on any atom is -0.297 e. The van der Waals surface area contributed by atoms with E-state index in [4.69, 9.17) is 5.84 Å². The van der Waals surface area contributed by atoms with Crippen molar-refractivity contribution >= 4 is 0 Å². The second kappa shape index (κ2) is 11.5. The second-order valence-electron chi connectivity index (χ2n) is 5.91. The summed E-state index contributed by atoms with van der Waals surface area (Å²) in [5, 5.41) is 0. The predicted octanol–water partition coefficient (Wildman–Crippen LogP) is 4.08. The average Bonchev–Trinajstić information content (AvgIpc) is 2.49. The van der Waals surface area contributed by atoms with E-state index in [-0.39, 0.29) is 5.54 Å². The van der Waals surface area contributed by atoms with Crippen LogP contribution in [-0.4, -0.2) is 29.6 Å². The summed E-state index contributed by atoms with van der Waals surface area (Å²) < 4.78 is 0. The van der Waals surface area contributed by atoms with Gasteiger partial charge < -0.3 is 0 Å². The van der Waals surface area contributed by atoms with Crippen LogP contribution in [0, 0.1) is 0 Å². The third-order valence-corrected chi connectivity index (χ3v) is 5.06. The maximum atomic E-state index is 5.92. The summed E-state index contributed by atoms with van der Waals surface area (Å²) in [4.78, 5) is 2.60. The maximum Gasteiger partial charge on any atom is 0.0394 e. The number of nitrogens with one attached hydrogen (secondary N) is 1. The van der Waals surface area contributed by atoms with Crippen molar-refractivity contribution in [3.05, 3.63) is 0 Å². The first-order valence-electron chi connectivity index (χ1n) is 8.87. The molecule has 20 heavy (non-hydrogen) atoms. The minimum absolute atomic E-state index is 0.211. The number of hydrogen-bond donors (Lipinski definition) is 2. The van der Waals surface area contributed by atoms with E-state index in [0.29, 0.717) is 6.04 Å². The monoisotopic (exact) mass is 285 g/mol. The van der Waals surface area contributed by atoms with E-state index in [1.54, 1.807) is 0 Å². The molecule has 0 aromatic carbocycles. The van der Waals surface area contributed by atoms with Gasteiger partial charge in [0.2, 0.25) is 0 Å².